The Bertz CT molecular complexity index is 1090. The Morgan fingerprint density at radius 2 is 2.03 bits per heavy atom. The third-order valence-electron chi connectivity index (χ3n) is 6.72. The molecular formula is C24H32F2N6O3S. The van der Waals surface area contributed by atoms with Crippen LogP contribution in [0, 0.1) is 11.6 Å². The minimum absolute atomic E-state index is 0.0317. The minimum Gasteiger partial charge on any atom is -0.371 e. The fourth-order valence-corrected chi connectivity index (χ4v) is 5.57. The van der Waals surface area contributed by atoms with Crippen LogP contribution in [0.2, 0.25) is 0 Å². The minimum atomic E-state index is -0.831. The lowest BCUT2D eigenvalue weighted by molar-refractivity contribution is -0.167. The van der Waals surface area contributed by atoms with Crippen molar-refractivity contribution >= 4 is 29.1 Å². The quantitative estimate of drug-likeness (QED) is 0.271. The molecule has 0 amide bonds. The van der Waals surface area contributed by atoms with Crippen molar-refractivity contribution in [3.63, 3.8) is 0 Å². The fourth-order valence-electron chi connectivity index (χ4n) is 4.88. The zero-order valence-corrected chi connectivity index (χ0v) is 21.6. The Kier molecular flexibility index (Phi) is 7.49. The van der Waals surface area contributed by atoms with E-state index in [-0.39, 0.29) is 24.1 Å². The van der Waals surface area contributed by atoms with Crippen molar-refractivity contribution in [3.05, 3.63) is 35.4 Å². The SMILES string of the molecule is CCCSc1nc(N[C@@H]2C[C@H]2c2ccc(F)c(F)c2)c2c(n1)N([C@H]1CO[C@@H](C(OC)OC)C1)N(C)N2. The predicted octanol–water partition coefficient (Wildman–Crippen LogP) is 4.00. The highest BCUT2D eigenvalue weighted by molar-refractivity contribution is 7.99. The van der Waals surface area contributed by atoms with Gasteiger partial charge in [-0.05, 0) is 30.5 Å². The molecular weight excluding hydrogens is 490 g/mol. The number of aromatic nitrogens is 2. The topological polar surface area (TPSA) is 84.0 Å². The summed E-state index contributed by atoms with van der Waals surface area (Å²) in [6, 6.07) is 4.22. The summed E-state index contributed by atoms with van der Waals surface area (Å²) in [6.07, 6.45) is 1.91. The van der Waals surface area contributed by atoms with Crippen molar-refractivity contribution < 1.29 is 23.0 Å². The van der Waals surface area contributed by atoms with E-state index in [0.717, 1.165) is 35.7 Å². The van der Waals surface area contributed by atoms with E-state index in [2.05, 4.69) is 22.7 Å². The number of hydrogen-bond donors (Lipinski definition) is 2. The maximum absolute atomic E-state index is 13.8. The molecule has 196 valence electrons. The van der Waals surface area contributed by atoms with E-state index < -0.39 is 17.9 Å². The zero-order chi connectivity index (χ0) is 25.4. The number of fused-ring (bicyclic) bond motifs is 1. The van der Waals surface area contributed by atoms with Crippen LogP contribution in [0.25, 0.3) is 0 Å². The lowest BCUT2D eigenvalue weighted by Crippen LogP contribution is -2.46. The molecule has 2 aliphatic heterocycles. The van der Waals surface area contributed by atoms with Crippen LogP contribution in [-0.4, -0.2) is 73.2 Å². The van der Waals surface area contributed by atoms with Gasteiger partial charge in [-0.1, -0.05) is 24.8 Å². The molecule has 4 atom stereocenters. The normalized spacial score (nSPS) is 25.4. The number of benzene rings is 1. The van der Waals surface area contributed by atoms with Gasteiger partial charge in [-0.15, -0.1) is 5.12 Å². The summed E-state index contributed by atoms with van der Waals surface area (Å²) in [5, 5.41) is 8.22. The molecule has 2 N–H and O–H groups in total. The Morgan fingerprint density at radius 3 is 2.75 bits per heavy atom. The maximum atomic E-state index is 13.8. The van der Waals surface area contributed by atoms with E-state index in [9.17, 15) is 8.78 Å². The number of nitrogens with one attached hydrogen (secondary N) is 2. The van der Waals surface area contributed by atoms with Gasteiger partial charge in [0.05, 0.1) is 12.6 Å². The van der Waals surface area contributed by atoms with E-state index >= 15 is 0 Å². The fraction of sp³-hybridized carbons (Fsp3) is 0.583. The van der Waals surface area contributed by atoms with Gasteiger partial charge in [-0.2, -0.15) is 0 Å². The average Bonchev–Trinajstić information content (AvgIpc) is 3.31. The number of hydrogen-bond acceptors (Lipinski definition) is 10. The van der Waals surface area contributed by atoms with Crippen molar-refractivity contribution in [2.75, 3.05) is 49.4 Å². The Morgan fingerprint density at radius 1 is 1.22 bits per heavy atom. The predicted molar refractivity (Wildman–Crippen MR) is 134 cm³/mol. The standard InChI is InChI=1S/C24H32F2N6O3S/c1-5-8-36-24-28-21(27-18-11-15(18)13-6-7-16(25)17(26)9-13)20-22(29-24)32(31(2)30-20)14-10-19(35-12-14)23(33-3)34-4/h6-7,9,14-15,18-19,23,30H,5,8,10-12H2,1-4H3,(H,27,28,29)/t14-,15+,18-,19-/m1/s1. The summed E-state index contributed by atoms with van der Waals surface area (Å²) in [4.78, 5) is 9.70. The van der Waals surface area contributed by atoms with Gasteiger partial charge < -0.3 is 19.5 Å². The van der Waals surface area contributed by atoms with E-state index in [4.69, 9.17) is 24.2 Å². The largest absolute Gasteiger partial charge is 0.371 e. The first-order valence-electron chi connectivity index (χ1n) is 12.2. The smallest absolute Gasteiger partial charge is 0.191 e. The lowest BCUT2D eigenvalue weighted by Gasteiger charge is -2.30. The van der Waals surface area contributed by atoms with E-state index in [0.29, 0.717) is 24.0 Å². The number of hydrazine groups is 2. The summed E-state index contributed by atoms with van der Waals surface area (Å²) in [7, 11) is 5.15. The Balaban J connectivity index is 1.38. The third-order valence-corrected chi connectivity index (χ3v) is 7.78. The summed E-state index contributed by atoms with van der Waals surface area (Å²) in [5.74, 6) is 0.823. The van der Waals surface area contributed by atoms with Crippen molar-refractivity contribution in [2.45, 2.75) is 61.7 Å². The van der Waals surface area contributed by atoms with Crippen LogP contribution in [-0.2, 0) is 14.2 Å². The number of thioether (sulfide) groups is 1. The van der Waals surface area contributed by atoms with Gasteiger partial charge in [0.1, 0.15) is 11.8 Å². The summed E-state index contributed by atoms with van der Waals surface area (Å²) >= 11 is 1.61. The van der Waals surface area contributed by atoms with Crippen LogP contribution in [0.3, 0.4) is 0 Å². The molecule has 2 fully saturated rings. The van der Waals surface area contributed by atoms with Crippen LogP contribution in [0.4, 0.5) is 26.1 Å². The number of anilines is 3. The van der Waals surface area contributed by atoms with Crippen LogP contribution in [0.1, 0.15) is 37.7 Å². The van der Waals surface area contributed by atoms with E-state index in [1.165, 1.54) is 12.1 Å². The molecule has 12 heteroatoms. The summed E-state index contributed by atoms with van der Waals surface area (Å²) in [6.45, 7) is 2.63. The first kappa shape index (κ1) is 25.4. The molecule has 0 spiro atoms. The molecule has 2 aromatic rings. The molecule has 0 unspecified atom stereocenters. The average molecular weight is 523 g/mol. The molecule has 1 saturated carbocycles. The van der Waals surface area contributed by atoms with Gasteiger partial charge in [0.25, 0.3) is 0 Å². The molecule has 36 heavy (non-hydrogen) atoms. The van der Waals surface area contributed by atoms with E-state index in [1.54, 1.807) is 32.0 Å². The van der Waals surface area contributed by atoms with Gasteiger partial charge in [0.15, 0.2) is 34.7 Å². The second kappa shape index (κ2) is 10.6. The molecule has 5 rings (SSSR count). The summed E-state index contributed by atoms with van der Waals surface area (Å²) in [5.41, 5.74) is 4.95. The zero-order valence-electron chi connectivity index (χ0n) is 20.8. The second-order valence-electron chi connectivity index (χ2n) is 9.25. The number of rotatable bonds is 10. The van der Waals surface area contributed by atoms with Gasteiger partial charge in [0.2, 0.25) is 0 Å². The number of ether oxygens (including phenoxy) is 3. The monoisotopic (exact) mass is 522 g/mol. The summed E-state index contributed by atoms with van der Waals surface area (Å²) < 4.78 is 44.0. The number of halogens is 2. The first-order valence-corrected chi connectivity index (χ1v) is 13.1. The molecule has 1 aliphatic carbocycles. The van der Waals surface area contributed by atoms with Gasteiger partial charge >= 0.3 is 0 Å². The number of nitrogens with zero attached hydrogens (tertiary/aromatic N) is 4. The first-order chi connectivity index (χ1) is 17.4. The van der Waals surface area contributed by atoms with Crippen LogP contribution < -0.4 is 15.8 Å². The van der Waals surface area contributed by atoms with Gasteiger partial charge in [-0.3, -0.25) is 10.4 Å². The molecule has 0 radical (unpaired) electrons. The molecule has 3 heterocycles. The lowest BCUT2D eigenvalue weighted by atomic mass is 10.1. The third kappa shape index (κ3) is 4.97. The molecule has 9 nitrogen and oxygen atoms in total. The number of methoxy groups -OCH3 is 2. The van der Waals surface area contributed by atoms with Crippen LogP contribution >= 0.6 is 11.8 Å². The highest BCUT2D eigenvalue weighted by atomic mass is 32.2. The van der Waals surface area contributed by atoms with Gasteiger partial charge in [0, 0.05) is 45.4 Å². The van der Waals surface area contributed by atoms with Crippen LogP contribution in [0.5, 0.6) is 0 Å². The second-order valence-corrected chi connectivity index (χ2v) is 10.3. The highest BCUT2D eigenvalue weighted by Crippen LogP contribution is 2.47. The molecule has 1 aromatic carbocycles. The Hall–Kier alpha value is -2.25. The molecule has 0 bridgehead atoms. The molecule has 1 saturated heterocycles. The van der Waals surface area contributed by atoms with Crippen LogP contribution in [0.15, 0.2) is 23.4 Å². The van der Waals surface area contributed by atoms with E-state index in [1.807, 2.05) is 12.2 Å². The van der Waals surface area contributed by atoms with Crippen molar-refractivity contribution in [3.8, 4) is 0 Å². The Labute approximate surface area is 213 Å². The van der Waals surface area contributed by atoms with Crippen molar-refractivity contribution in [2.24, 2.45) is 0 Å². The maximum Gasteiger partial charge on any atom is 0.191 e. The molecule has 1 aromatic heterocycles. The van der Waals surface area contributed by atoms with Crippen molar-refractivity contribution in [1.29, 1.82) is 0 Å². The van der Waals surface area contributed by atoms with Gasteiger partial charge in [-0.25, -0.2) is 18.7 Å². The van der Waals surface area contributed by atoms with Crippen molar-refractivity contribution in [1.82, 2.24) is 15.1 Å². The molecule has 3 aliphatic rings. The highest BCUT2D eigenvalue weighted by Gasteiger charge is 2.44.